The summed E-state index contributed by atoms with van der Waals surface area (Å²) in [5, 5.41) is 23.2. The van der Waals surface area contributed by atoms with Crippen molar-refractivity contribution in [3.63, 3.8) is 0 Å². The van der Waals surface area contributed by atoms with E-state index in [9.17, 15) is 15.0 Å². The van der Waals surface area contributed by atoms with Gasteiger partial charge < -0.3 is 15.5 Å². The van der Waals surface area contributed by atoms with E-state index in [4.69, 9.17) is 0 Å². The first kappa shape index (κ1) is 70.9. The van der Waals surface area contributed by atoms with E-state index in [2.05, 4.69) is 31.3 Å². The molecule has 4 heteroatoms. The summed E-state index contributed by atoms with van der Waals surface area (Å²) in [5.74, 6) is -0.0644. The van der Waals surface area contributed by atoms with Crippen LogP contribution >= 0.6 is 0 Å². The van der Waals surface area contributed by atoms with Crippen LogP contribution in [0.2, 0.25) is 0 Å². The Hall–Kier alpha value is -1.13. The van der Waals surface area contributed by atoms with Crippen molar-refractivity contribution >= 4 is 5.91 Å². The SMILES string of the molecule is CCCCCCCCCCCCCCCCCCCCCCCCC/C=C/CC/C=C/C(O)C(CO)NC(=O)CCCCCCCCCCCCCCCCCCCCCCCCCCCCCCCCC. The molecule has 0 aromatic carbocycles. The van der Waals surface area contributed by atoms with E-state index in [0.717, 1.165) is 32.1 Å². The van der Waals surface area contributed by atoms with Gasteiger partial charge in [0.2, 0.25) is 5.91 Å². The van der Waals surface area contributed by atoms with Crippen LogP contribution in [0.15, 0.2) is 24.3 Å². The zero-order chi connectivity index (χ0) is 52.0. The maximum atomic E-state index is 12.5. The Morgan fingerprint density at radius 1 is 0.319 bits per heavy atom. The molecule has 0 aliphatic heterocycles. The van der Waals surface area contributed by atoms with Gasteiger partial charge in [0, 0.05) is 6.42 Å². The summed E-state index contributed by atoms with van der Waals surface area (Å²) in [7, 11) is 0. The molecule has 2 unspecified atom stereocenters. The molecule has 428 valence electrons. The Bertz CT molecular complexity index is 1060. The number of unbranched alkanes of at least 4 members (excludes halogenated alkanes) is 54. The molecule has 4 nitrogen and oxygen atoms in total. The lowest BCUT2D eigenvalue weighted by Gasteiger charge is -2.19. The molecule has 0 rings (SSSR count). The van der Waals surface area contributed by atoms with E-state index in [1.165, 1.54) is 334 Å². The average Bonchev–Trinajstić information content (AvgIpc) is 3.39. The van der Waals surface area contributed by atoms with Gasteiger partial charge in [-0.05, 0) is 32.1 Å². The highest BCUT2D eigenvalue weighted by atomic mass is 16.3. The number of aliphatic hydroxyl groups excluding tert-OH is 2. The fourth-order valence-corrected chi connectivity index (χ4v) is 10.8. The monoisotopic (exact) mass is 1010 g/mol. The molecule has 0 heterocycles. The molecular formula is C68H133NO3. The van der Waals surface area contributed by atoms with Crippen LogP contribution in [-0.2, 0) is 4.79 Å². The van der Waals surface area contributed by atoms with Crippen LogP contribution < -0.4 is 5.32 Å². The molecule has 2 atom stereocenters. The molecule has 0 aromatic heterocycles. The van der Waals surface area contributed by atoms with Crippen molar-refractivity contribution in [3.05, 3.63) is 24.3 Å². The molecule has 1 amide bonds. The number of hydrogen-bond acceptors (Lipinski definition) is 3. The summed E-state index contributed by atoms with van der Waals surface area (Å²) in [4.78, 5) is 12.5. The fourth-order valence-electron chi connectivity index (χ4n) is 10.8. The molecule has 0 saturated heterocycles. The number of allylic oxidation sites excluding steroid dienone is 3. The van der Waals surface area contributed by atoms with Gasteiger partial charge in [0.1, 0.15) is 0 Å². The maximum Gasteiger partial charge on any atom is 0.220 e. The summed E-state index contributed by atoms with van der Waals surface area (Å²) in [6.07, 6.45) is 86.9. The van der Waals surface area contributed by atoms with Gasteiger partial charge in [0.15, 0.2) is 0 Å². The van der Waals surface area contributed by atoms with Gasteiger partial charge in [0.25, 0.3) is 0 Å². The Kier molecular flexibility index (Phi) is 63.2. The van der Waals surface area contributed by atoms with Gasteiger partial charge in [-0.25, -0.2) is 0 Å². The second-order valence-corrected chi connectivity index (χ2v) is 23.2. The van der Waals surface area contributed by atoms with Crippen molar-refractivity contribution in [3.8, 4) is 0 Å². The van der Waals surface area contributed by atoms with Crippen LogP contribution in [0.1, 0.15) is 386 Å². The summed E-state index contributed by atoms with van der Waals surface area (Å²) < 4.78 is 0. The number of aliphatic hydroxyl groups is 2. The molecule has 0 bridgehead atoms. The van der Waals surface area contributed by atoms with Crippen molar-refractivity contribution in [1.29, 1.82) is 0 Å². The van der Waals surface area contributed by atoms with Crippen molar-refractivity contribution < 1.29 is 15.0 Å². The smallest absolute Gasteiger partial charge is 0.220 e. The summed E-state index contributed by atoms with van der Waals surface area (Å²) in [6, 6.07) is -0.637. The largest absolute Gasteiger partial charge is 0.394 e. The molecule has 0 saturated carbocycles. The van der Waals surface area contributed by atoms with E-state index in [1.807, 2.05) is 6.08 Å². The standard InChI is InChI=1S/C68H133NO3/c1-3-5-7-9-11-13-15-17-19-21-23-25-27-29-31-33-34-36-38-40-42-44-46-48-50-52-54-56-58-60-62-64-68(72)69-66(65-70)67(71)63-61-59-57-55-53-51-49-47-45-43-41-39-37-35-32-30-28-26-24-22-20-18-16-14-12-10-8-6-4-2/h53,55,61,63,66-67,70-71H,3-52,54,56-60,62,64-65H2,1-2H3,(H,69,72)/b55-53+,63-61+. The number of amides is 1. The van der Waals surface area contributed by atoms with E-state index in [0.29, 0.717) is 6.42 Å². The molecule has 0 fully saturated rings. The third kappa shape index (κ3) is 59.7. The highest BCUT2D eigenvalue weighted by Crippen LogP contribution is 2.19. The second-order valence-electron chi connectivity index (χ2n) is 23.2. The number of carbonyl (C=O) groups is 1. The first-order chi connectivity index (χ1) is 35.7. The number of hydrogen-bond donors (Lipinski definition) is 3. The van der Waals surface area contributed by atoms with Crippen molar-refractivity contribution in [2.75, 3.05) is 6.61 Å². The molecule has 0 radical (unpaired) electrons. The van der Waals surface area contributed by atoms with E-state index in [1.54, 1.807) is 6.08 Å². The normalized spacial score (nSPS) is 12.8. The zero-order valence-corrected chi connectivity index (χ0v) is 49.5. The predicted octanol–water partition coefficient (Wildman–Crippen LogP) is 22.6. The topological polar surface area (TPSA) is 69.6 Å². The van der Waals surface area contributed by atoms with Crippen LogP contribution in [0, 0.1) is 0 Å². The van der Waals surface area contributed by atoms with Crippen molar-refractivity contribution in [2.24, 2.45) is 0 Å². The molecule has 0 aromatic rings. The average molecular weight is 1010 g/mol. The molecular weight excluding hydrogens is 879 g/mol. The van der Waals surface area contributed by atoms with Crippen molar-refractivity contribution in [2.45, 2.75) is 398 Å². The molecule has 0 spiro atoms. The van der Waals surface area contributed by atoms with Gasteiger partial charge in [-0.15, -0.1) is 0 Å². The summed E-state index contributed by atoms with van der Waals surface area (Å²) in [5.41, 5.74) is 0. The summed E-state index contributed by atoms with van der Waals surface area (Å²) in [6.45, 7) is 4.35. The first-order valence-electron chi connectivity index (χ1n) is 33.6. The molecule has 3 N–H and O–H groups in total. The number of carbonyl (C=O) groups excluding carboxylic acids is 1. The number of rotatable bonds is 63. The third-order valence-corrected chi connectivity index (χ3v) is 15.9. The van der Waals surface area contributed by atoms with Gasteiger partial charge in [-0.2, -0.15) is 0 Å². The Labute approximate surface area is 453 Å². The Morgan fingerprint density at radius 2 is 0.542 bits per heavy atom. The zero-order valence-electron chi connectivity index (χ0n) is 49.5. The highest BCUT2D eigenvalue weighted by molar-refractivity contribution is 5.76. The van der Waals surface area contributed by atoms with E-state index < -0.39 is 12.1 Å². The van der Waals surface area contributed by atoms with E-state index >= 15 is 0 Å². The van der Waals surface area contributed by atoms with Gasteiger partial charge in [0.05, 0.1) is 18.8 Å². The van der Waals surface area contributed by atoms with Crippen LogP contribution in [-0.4, -0.2) is 34.9 Å². The first-order valence-corrected chi connectivity index (χ1v) is 33.6. The van der Waals surface area contributed by atoms with Gasteiger partial charge >= 0.3 is 0 Å². The van der Waals surface area contributed by atoms with E-state index in [-0.39, 0.29) is 12.5 Å². The Balaban J connectivity index is 3.44. The highest BCUT2D eigenvalue weighted by Gasteiger charge is 2.18. The van der Waals surface area contributed by atoms with Gasteiger partial charge in [-0.3, -0.25) is 4.79 Å². The molecule has 72 heavy (non-hydrogen) atoms. The fraction of sp³-hybridized carbons (Fsp3) is 0.926. The minimum absolute atomic E-state index is 0.0644. The third-order valence-electron chi connectivity index (χ3n) is 15.9. The lowest BCUT2D eigenvalue weighted by Crippen LogP contribution is -2.45. The quantitative estimate of drug-likeness (QED) is 0.0420. The van der Waals surface area contributed by atoms with Gasteiger partial charge in [-0.1, -0.05) is 372 Å². The lowest BCUT2D eigenvalue weighted by atomic mass is 10.0. The maximum absolute atomic E-state index is 12.5. The number of nitrogens with one attached hydrogen (secondary N) is 1. The van der Waals surface area contributed by atoms with Crippen LogP contribution in [0.25, 0.3) is 0 Å². The molecule has 0 aliphatic carbocycles. The second kappa shape index (κ2) is 64.2. The van der Waals surface area contributed by atoms with Crippen molar-refractivity contribution in [1.82, 2.24) is 5.32 Å². The minimum Gasteiger partial charge on any atom is -0.394 e. The molecule has 0 aliphatic rings. The predicted molar refractivity (Wildman–Crippen MR) is 322 cm³/mol. The van der Waals surface area contributed by atoms with Crippen LogP contribution in [0.3, 0.4) is 0 Å². The lowest BCUT2D eigenvalue weighted by molar-refractivity contribution is -0.123. The Morgan fingerprint density at radius 3 is 0.806 bits per heavy atom. The van der Waals surface area contributed by atoms with Crippen LogP contribution in [0.5, 0.6) is 0 Å². The minimum atomic E-state index is -0.861. The van der Waals surface area contributed by atoms with Crippen LogP contribution in [0.4, 0.5) is 0 Å². The summed E-state index contributed by atoms with van der Waals surface area (Å²) >= 11 is 0.